The number of aliphatic hydroxyl groups excluding tert-OH is 1. The highest BCUT2D eigenvalue weighted by molar-refractivity contribution is 7.88. The van der Waals surface area contributed by atoms with Gasteiger partial charge in [-0.15, -0.1) is 4.41 Å². The summed E-state index contributed by atoms with van der Waals surface area (Å²) in [5, 5.41) is 13.6. The number of carbonyl (C=O) groups is 1. The van der Waals surface area contributed by atoms with Gasteiger partial charge in [0.1, 0.15) is 5.71 Å². The number of aliphatic hydroxyl groups is 1. The second-order valence-electron chi connectivity index (χ2n) is 5.79. The Balaban J connectivity index is 2.39. The topological polar surface area (TPSA) is 90.3 Å². The molecule has 1 atom stereocenters. The number of anilines is 1. The first-order valence-corrected chi connectivity index (χ1v) is 9.92. The van der Waals surface area contributed by atoms with Gasteiger partial charge in [0, 0.05) is 18.8 Å². The molecule has 0 saturated carbocycles. The molecule has 1 N–H and O–H groups in total. The third kappa shape index (κ3) is 4.08. The molecular weight excluding hydrogens is 342 g/mol. The van der Waals surface area contributed by atoms with Crippen molar-refractivity contribution in [3.63, 3.8) is 0 Å². The van der Waals surface area contributed by atoms with E-state index in [1.54, 1.807) is 6.08 Å². The number of amides is 1. The lowest BCUT2D eigenvalue weighted by atomic mass is 10.0. The molecule has 0 fully saturated rings. The van der Waals surface area contributed by atoms with E-state index in [1.165, 1.54) is 6.92 Å². The molecule has 7 nitrogen and oxygen atoms in total. The minimum atomic E-state index is -3.83. The largest absolute Gasteiger partial charge is 0.387 e. The number of hydrogen-bond acceptors (Lipinski definition) is 6. The quantitative estimate of drug-likeness (QED) is 0.771. The molecule has 1 heterocycles. The Bertz CT molecular complexity index is 807. The average Bonchev–Trinajstić information content (AvgIpc) is 2.87. The van der Waals surface area contributed by atoms with Crippen molar-refractivity contribution < 1.29 is 18.3 Å². The molecule has 1 unspecified atom stereocenters. The van der Waals surface area contributed by atoms with Crippen LogP contribution < -0.4 is 4.90 Å². The Morgan fingerprint density at radius 3 is 2.24 bits per heavy atom. The lowest BCUT2D eigenvalue weighted by Crippen LogP contribution is -2.28. The molecular formula is C17H23N3O4S. The highest BCUT2D eigenvalue weighted by Crippen LogP contribution is 2.23. The van der Waals surface area contributed by atoms with E-state index in [4.69, 9.17) is 0 Å². The molecule has 136 valence electrons. The first-order valence-electron chi connectivity index (χ1n) is 8.07. The van der Waals surface area contributed by atoms with Crippen LogP contribution >= 0.6 is 0 Å². The molecule has 25 heavy (non-hydrogen) atoms. The van der Waals surface area contributed by atoms with Gasteiger partial charge in [-0.1, -0.05) is 12.1 Å². The predicted octanol–water partition coefficient (Wildman–Crippen LogP) is 1.45. The standard InChI is InChI=1S/C17H23N3O4S/c1-5-19(6-2)14-9-7-13(8-10-14)11-15-16(12(3)21)18-20(17(15)22)25(4,23)24/h7-12,21H,5-6H2,1-4H3/b15-11-. The molecule has 1 aliphatic rings. The van der Waals surface area contributed by atoms with E-state index in [0.717, 1.165) is 30.6 Å². The smallest absolute Gasteiger partial charge is 0.290 e. The van der Waals surface area contributed by atoms with E-state index in [2.05, 4.69) is 23.8 Å². The summed E-state index contributed by atoms with van der Waals surface area (Å²) in [6.07, 6.45) is 1.39. The highest BCUT2D eigenvalue weighted by Gasteiger charge is 2.37. The molecule has 0 bridgehead atoms. The van der Waals surface area contributed by atoms with Crippen LogP contribution in [0.1, 0.15) is 26.3 Å². The van der Waals surface area contributed by atoms with Crippen LogP contribution in [0.5, 0.6) is 0 Å². The maximum absolute atomic E-state index is 12.4. The number of benzene rings is 1. The normalized spacial score (nSPS) is 17.8. The van der Waals surface area contributed by atoms with Crippen LogP contribution in [0.15, 0.2) is 34.9 Å². The summed E-state index contributed by atoms with van der Waals surface area (Å²) >= 11 is 0. The maximum atomic E-state index is 12.4. The van der Waals surface area contributed by atoms with Gasteiger partial charge >= 0.3 is 0 Å². The summed E-state index contributed by atoms with van der Waals surface area (Å²) < 4.78 is 23.8. The zero-order valence-electron chi connectivity index (χ0n) is 14.8. The molecule has 0 aromatic heterocycles. The van der Waals surface area contributed by atoms with E-state index in [1.807, 2.05) is 24.3 Å². The number of hydrazone groups is 1. The SMILES string of the molecule is CCN(CC)c1ccc(/C=C2\C(=O)N(S(C)(=O)=O)N=C2C(C)O)cc1. The number of rotatable bonds is 6. The lowest BCUT2D eigenvalue weighted by Gasteiger charge is -2.20. The van der Waals surface area contributed by atoms with Crippen molar-refractivity contribution >= 4 is 33.4 Å². The zero-order valence-corrected chi connectivity index (χ0v) is 15.6. The van der Waals surface area contributed by atoms with Gasteiger partial charge in [0.25, 0.3) is 15.9 Å². The molecule has 0 radical (unpaired) electrons. The van der Waals surface area contributed by atoms with Gasteiger partial charge in [0.15, 0.2) is 0 Å². The van der Waals surface area contributed by atoms with Crippen molar-refractivity contribution in [2.24, 2.45) is 5.10 Å². The molecule has 1 aliphatic heterocycles. The van der Waals surface area contributed by atoms with Crippen LogP contribution in [0.2, 0.25) is 0 Å². The summed E-state index contributed by atoms with van der Waals surface area (Å²) in [5.41, 5.74) is 1.91. The fraction of sp³-hybridized carbons (Fsp3) is 0.412. The van der Waals surface area contributed by atoms with Crippen LogP contribution in [0.4, 0.5) is 5.69 Å². The monoisotopic (exact) mass is 365 g/mol. The molecule has 8 heteroatoms. The average molecular weight is 365 g/mol. The first kappa shape index (κ1) is 19.1. The van der Waals surface area contributed by atoms with Crippen molar-refractivity contribution in [1.29, 1.82) is 0 Å². The molecule has 1 aromatic carbocycles. The summed E-state index contributed by atoms with van der Waals surface area (Å²) in [6, 6.07) is 7.56. The highest BCUT2D eigenvalue weighted by atomic mass is 32.2. The van der Waals surface area contributed by atoms with Crippen LogP contribution in [0.3, 0.4) is 0 Å². The maximum Gasteiger partial charge on any atom is 0.290 e. The number of carbonyl (C=O) groups excluding carboxylic acids is 1. The molecule has 0 spiro atoms. The van der Waals surface area contributed by atoms with Crippen LogP contribution in [-0.2, 0) is 14.8 Å². The second-order valence-corrected chi connectivity index (χ2v) is 7.61. The molecule has 1 amide bonds. The Labute approximate surface area is 148 Å². The Hall–Kier alpha value is -2.19. The van der Waals surface area contributed by atoms with Crippen molar-refractivity contribution in [1.82, 2.24) is 4.41 Å². The summed E-state index contributed by atoms with van der Waals surface area (Å²) in [5.74, 6) is -0.758. The van der Waals surface area contributed by atoms with E-state index >= 15 is 0 Å². The van der Waals surface area contributed by atoms with E-state index in [9.17, 15) is 18.3 Å². The van der Waals surface area contributed by atoms with Gasteiger partial charge < -0.3 is 10.0 Å². The second kappa shape index (κ2) is 7.37. The third-order valence-corrected chi connectivity index (χ3v) is 4.80. The lowest BCUT2D eigenvalue weighted by molar-refractivity contribution is -0.121. The van der Waals surface area contributed by atoms with E-state index in [-0.39, 0.29) is 11.3 Å². The first-order chi connectivity index (χ1) is 11.7. The summed E-state index contributed by atoms with van der Waals surface area (Å²) in [7, 11) is -3.83. The van der Waals surface area contributed by atoms with Crippen molar-refractivity contribution in [3.05, 3.63) is 35.4 Å². The van der Waals surface area contributed by atoms with Crippen LogP contribution in [0.25, 0.3) is 6.08 Å². The van der Waals surface area contributed by atoms with E-state index < -0.39 is 22.0 Å². The van der Waals surface area contributed by atoms with Crippen LogP contribution in [0, 0.1) is 0 Å². The Kier molecular flexibility index (Phi) is 5.64. The van der Waals surface area contributed by atoms with Crippen molar-refractivity contribution in [2.75, 3.05) is 24.2 Å². The molecule has 0 aliphatic carbocycles. The minimum absolute atomic E-state index is 0.0447. The van der Waals surface area contributed by atoms with Gasteiger partial charge in [0.05, 0.1) is 17.9 Å². The van der Waals surface area contributed by atoms with Gasteiger partial charge in [-0.25, -0.2) is 8.42 Å². The third-order valence-electron chi connectivity index (χ3n) is 3.92. The molecule has 1 aromatic rings. The molecule has 0 saturated heterocycles. The summed E-state index contributed by atoms with van der Waals surface area (Å²) in [4.78, 5) is 14.6. The summed E-state index contributed by atoms with van der Waals surface area (Å²) in [6.45, 7) is 7.35. The minimum Gasteiger partial charge on any atom is -0.387 e. The fourth-order valence-electron chi connectivity index (χ4n) is 2.62. The van der Waals surface area contributed by atoms with Crippen LogP contribution in [-0.4, -0.2) is 55.0 Å². The van der Waals surface area contributed by atoms with Gasteiger partial charge in [-0.2, -0.15) is 5.10 Å². The predicted molar refractivity (Wildman–Crippen MR) is 98.8 cm³/mol. The van der Waals surface area contributed by atoms with E-state index in [0.29, 0.717) is 4.41 Å². The fourth-order valence-corrected chi connectivity index (χ4v) is 3.25. The molecule has 2 rings (SSSR count). The Morgan fingerprint density at radius 2 is 1.80 bits per heavy atom. The van der Waals surface area contributed by atoms with Gasteiger partial charge in [0.2, 0.25) is 0 Å². The number of hydrogen-bond donors (Lipinski definition) is 1. The van der Waals surface area contributed by atoms with Gasteiger partial charge in [-0.3, -0.25) is 4.79 Å². The Morgan fingerprint density at radius 1 is 1.24 bits per heavy atom. The van der Waals surface area contributed by atoms with Crippen molar-refractivity contribution in [3.8, 4) is 0 Å². The zero-order chi connectivity index (χ0) is 18.8. The number of nitrogens with zero attached hydrogens (tertiary/aromatic N) is 3. The van der Waals surface area contributed by atoms with Gasteiger partial charge in [-0.05, 0) is 44.5 Å². The van der Waals surface area contributed by atoms with Crippen molar-refractivity contribution in [2.45, 2.75) is 26.9 Å². The number of sulfonamides is 1.